The molecule has 0 unspecified atom stereocenters. The summed E-state index contributed by atoms with van der Waals surface area (Å²) in [5.41, 5.74) is -0.405. The van der Waals surface area contributed by atoms with Gasteiger partial charge in [-0.1, -0.05) is 11.6 Å². The summed E-state index contributed by atoms with van der Waals surface area (Å²) in [5.74, 6) is 0. The van der Waals surface area contributed by atoms with Gasteiger partial charge >= 0.3 is 0 Å². The van der Waals surface area contributed by atoms with E-state index in [2.05, 4.69) is 20.9 Å². The highest BCUT2D eigenvalue weighted by molar-refractivity contribution is 9.10. The van der Waals surface area contributed by atoms with Crippen molar-refractivity contribution in [1.29, 1.82) is 0 Å². The lowest BCUT2D eigenvalue weighted by atomic mass is 10.4. The molecule has 0 aliphatic rings. The first-order chi connectivity index (χ1) is 6.25. The van der Waals surface area contributed by atoms with Crippen molar-refractivity contribution in [3.05, 3.63) is 27.4 Å². The normalized spacial score (nSPS) is 19.1. The number of hydrogen-bond acceptors (Lipinski definition) is 1. The second-order valence-electron chi connectivity index (χ2n) is 1.33. The highest BCUT2D eigenvalue weighted by atomic mass is 79.9. The molecular formula is C6H5BrClN. The third-order valence-corrected chi connectivity index (χ3v) is 1.34. The van der Waals surface area contributed by atoms with Gasteiger partial charge in [0, 0.05) is 14.8 Å². The molecule has 0 saturated carbocycles. The van der Waals surface area contributed by atoms with Crippen molar-refractivity contribution >= 4 is 27.5 Å². The van der Waals surface area contributed by atoms with Gasteiger partial charge in [0.25, 0.3) is 0 Å². The summed E-state index contributed by atoms with van der Waals surface area (Å²) in [4.78, 5) is 3.51. The molecular weight excluding hydrogens is 201 g/mol. The average molecular weight is 212 g/mol. The number of halogens is 2. The van der Waals surface area contributed by atoms with E-state index in [0.29, 0.717) is 0 Å². The first-order valence-electron chi connectivity index (χ1n) is 4.58. The molecule has 48 valence electrons. The largest absolute Gasteiger partial charge is 0.259 e. The van der Waals surface area contributed by atoms with E-state index in [0.717, 1.165) is 0 Å². The smallest absolute Gasteiger partial charge is 0.0852 e. The van der Waals surface area contributed by atoms with Crippen molar-refractivity contribution in [2.75, 3.05) is 0 Å². The van der Waals surface area contributed by atoms with E-state index < -0.39 is 12.5 Å². The highest BCUT2D eigenvalue weighted by Gasteiger charge is 1.94. The number of pyridine rings is 1. The molecule has 0 fully saturated rings. The molecule has 0 N–H and O–H groups in total. The second kappa shape index (κ2) is 2.67. The Labute approximate surface area is 74.2 Å². The number of hydrogen-bond donors (Lipinski definition) is 0. The van der Waals surface area contributed by atoms with Crippen LogP contribution in [0.3, 0.4) is 0 Å². The molecule has 1 aromatic rings. The fraction of sp³-hybridized carbons (Fsp3) is 0.167. The van der Waals surface area contributed by atoms with Gasteiger partial charge in [0.15, 0.2) is 0 Å². The zero-order valence-corrected chi connectivity index (χ0v) is 6.55. The van der Waals surface area contributed by atoms with Gasteiger partial charge in [-0.15, -0.1) is 0 Å². The van der Waals surface area contributed by atoms with Gasteiger partial charge in [0.2, 0.25) is 0 Å². The molecule has 0 saturated heterocycles. The van der Waals surface area contributed by atoms with Gasteiger partial charge in [-0.2, -0.15) is 0 Å². The van der Waals surface area contributed by atoms with Crippen molar-refractivity contribution in [2.24, 2.45) is 0 Å². The monoisotopic (exact) mass is 210 g/mol. The van der Waals surface area contributed by atoms with Crippen molar-refractivity contribution in [3.63, 3.8) is 0 Å². The van der Waals surface area contributed by atoms with Gasteiger partial charge in [-0.05, 0) is 28.8 Å². The maximum absolute atomic E-state index is 7.42. The lowest BCUT2D eigenvalue weighted by molar-refractivity contribution is 1.19. The summed E-state index contributed by atoms with van der Waals surface area (Å²) in [5, 5.41) is -0.243. The van der Waals surface area contributed by atoms with Crippen LogP contribution in [0.5, 0.6) is 0 Å². The van der Waals surface area contributed by atoms with E-state index in [1.807, 2.05) is 0 Å². The Hall–Kier alpha value is -0.0800. The number of rotatable bonds is 0. The number of nitrogens with zero attached hydrogens (tertiary/aromatic N) is 1. The minimum atomic E-state index is -2.50. The molecule has 1 aromatic heterocycles. The van der Waals surface area contributed by atoms with Crippen molar-refractivity contribution < 1.29 is 6.85 Å². The summed E-state index contributed by atoms with van der Waals surface area (Å²) in [6.45, 7) is -2.50. The van der Waals surface area contributed by atoms with Gasteiger partial charge in [0.1, 0.15) is 0 Å². The Kier molecular flexibility index (Phi) is 0.856. The Morgan fingerprint density at radius 2 is 2.78 bits per heavy atom. The number of aryl methyl sites for hydroxylation is 1. The molecule has 9 heavy (non-hydrogen) atoms. The van der Waals surface area contributed by atoms with Crippen LogP contribution in [0.25, 0.3) is 0 Å². The average Bonchev–Trinajstić information content (AvgIpc) is 2.06. The minimum Gasteiger partial charge on any atom is -0.259 e. The van der Waals surface area contributed by atoms with E-state index in [4.69, 9.17) is 18.5 Å². The van der Waals surface area contributed by atoms with E-state index >= 15 is 0 Å². The van der Waals surface area contributed by atoms with Crippen molar-refractivity contribution in [3.8, 4) is 0 Å². The fourth-order valence-corrected chi connectivity index (χ4v) is 0.875. The van der Waals surface area contributed by atoms with Crippen molar-refractivity contribution in [1.82, 2.24) is 4.98 Å². The van der Waals surface area contributed by atoms with E-state index in [9.17, 15) is 0 Å². The SMILES string of the molecule is [2H]c1nc(C([2H])([2H])[2H])c(Cl)c([2H])c1Br. The summed E-state index contributed by atoms with van der Waals surface area (Å²) in [6, 6.07) is -0.224. The molecule has 0 radical (unpaired) electrons. The quantitative estimate of drug-likeness (QED) is 0.643. The van der Waals surface area contributed by atoms with Gasteiger partial charge in [-0.3, -0.25) is 4.98 Å². The zero-order valence-electron chi connectivity index (χ0n) is 9.20. The van der Waals surface area contributed by atoms with Crippen LogP contribution < -0.4 is 0 Å². The van der Waals surface area contributed by atoms with Crippen molar-refractivity contribution in [2.45, 2.75) is 6.85 Å². The lowest BCUT2D eigenvalue weighted by Gasteiger charge is -1.94. The Balaban J connectivity index is 3.49. The maximum atomic E-state index is 7.42. The van der Waals surface area contributed by atoms with Crippen LogP contribution in [0.15, 0.2) is 16.7 Å². The third kappa shape index (κ3) is 1.66. The predicted octanol–water partition coefficient (Wildman–Crippen LogP) is 2.81. The Morgan fingerprint density at radius 3 is 3.44 bits per heavy atom. The predicted molar refractivity (Wildman–Crippen MR) is 41.7 cm³/mol. The molecule has 1 rings (SSSR count). The minimum absolute atomic E-state index is 0.0931. The second-order valence-corrected chi connectivity index (χ2v) is 2.50. The summed E-state index contributed by atoms with van der Waals surface area (Å²) in [7, 11) is 0. The third-order valence-electron chi connectivity index (χ3n) is 0.693. The van der Waals surface area contributed by atoms with Crippen LogP contribution in [0.4, 0.5) is 0 Å². The molecule has 3 heteroatoms. The molecule has 0 aliphatic carbocycles. The van der Waals surface area contributed by atoms with E-state index in [1.165, 1.54) is 0 Å². The Bertz CT molecular complexity index is 377. The van der Waals surface area contributed by atoms with Crippen LogP contribution in [0.1, 0.15) is 12.5 Å². The standard InChI is InChI=1S/C6H5BrClN/c1-4-6(8)2-5(7)3-9-4/h2-3H,1H3/i1D3,2D,3D. The molecule has 1 heterocycles. The van der Waals surface area contributed by atoms with Gasteiger partial charge in [-0.25, -0.2) is 0 Å². The maximum Gasteiger partial charge on any atom is 0.0852 e. The molecule has 0 bridgehead atoms. The van der Waals surface area contributed by atoms with E-state index in [-0.39, 0.29) is 21.7 Å². The lowest BCUT2D eigenvalue weighted by Crippen LogP contribution is -1.79. The van der Waals surface area contributed by atoms with Crippen LogP contribution >= 0.6 is 27.5 Å². The highest BCUT2D eigenvalue weighted by Crippen LogP contribution is 2.17. The molecule has 0 spiro atoms. The Morgan fingerprint density at radius 1 is 2.00 bits per heavy atom. The van der Waals surface area contributed by atoms with Gasteiger partial charge < -0.3 is 0 Å². The molecule has 0 amide bonds. The molecule has 0 aliphatic heterocycles. The first kappa shape index (κ1) is 2.89. The molecule has 1 nitrogen and oxygen atoms in total. The fourth-order valence-electron chi connectivity index (χ4n) is 0.338. The van der Waals surface area contributed by atoms with Crippen LogP contribution in [0, 0.1) is 6.85 Å². The van der Waals surface area contributed by atoms with Crippen LogP contribution in [-0.2, 0) is 0 Å². The molecule has 0 atom stereocenters. The molecule has 0 aromatic carbocycles. The topological polar surface area (TPSA) is 12.9 Å². The van der Waals surface area contributed by atoms with E-state index in [1.54, 1.807) is 0 Å². The first-order valence-corrected chi connectivity index (χ1v) is 3.25. The van der Waals surface area contributed by atoms with Crippen LogP contribution in [-0.4, -0.2) is 4.98 Å². The summed E-state index contributed by atoms with van der Waals surface area (Å²) < 4.78 is 36.0. The zero-order chi connectivity index (χ0) is 11.1. The van der Waals surface area contributed by atoms with Gasteiger partial charge in [0.05, 0.1) is 13.5 Å². The van der Waals surface area contributed by atoms with Crippen LogP contribution in [0.2, 0.25) is 5.02 Å². The summed E-state index contributed by atoms with van der Waals surface area (Å²) in [6.07, 6.45) is -0.300. The summed E-state index contributed by atoms with van der Waals surface area (Å²) >= 11 is 8.56. The number of aromatic nitrogens is 1.